The van der Waals surface area contributed by atoms with Crippen molar-refractivity contribution >= 4 is 11.9 Å². The minimum Gasteiger partial charge on any atom is -0.469 e. The zero-order valence-corrected chi connectivity index (χ0v) is 29.2. The molecule has 43 heavy (non-hydrogen) atoms. The molecule has 0 unspecified atom stereocenters. The van der Waals surface area contributed by atoms with Crippen LogP contribution in [-0.4, -0.2) is 111 Å². The van der Waals surface area contributed by atoms with Crippen molar-refractivity contribution in [1.82, 2.24) is 19.6 Å². The highest BCUT2D eigenvalue weighted by molar-refractivity contribution is 5.78. The molecule has 0 aromatic carbocycles. The molecule has 7 heteroatoms. The molecule has 0 saturated carbocycles. The molecule has 1 heterocycles. The molecule has 1 amide bonds. The van der Waals surface area contributed by atoms with Crippen LogP contribution in [0.15, 0.2) is 0 Å². The van der Waals surface area contributed by atoms with Gasteiger partial charge in [-0.2, -0.15) is 0 Å². The van der Waals surface area contributed by atoms with Crippen LogP contribution in [0.4, 0.5) is 0 Å². The van der Waals surface area contributed by atoms with Gasteiger partial charge in [-0.15, -0.1) is 0 Å². The predicted molar refractivity (Wildman–Crippen MR) is 183 cm³/mol. The molecule has 254 valence electrons. The molecule has 7 nitrogen and oxygen atoms in total. The van der Waals surface area contributed by atoms with Crippen molar-refractivity contribution in [2.24, 2.45) is 0 Å². The largest absolute Gasteiger partial charge is 0.469 e. The summed E-state index contributed by atoms with van der Waals surface area (Å²) < 4.78 is 4.76. The first-order chi connectivity index (χ1) is 21.0. The van der Waals surface area contributed by atoms with E-state index in [9.17, 15) is 9.59 Å². The van der Waals surface area contributed by atoms with Gasteiger partial charge < -0.3 is 19.4 Å². The molecule has 1 saturated heterocycles. The van der Waals surface area contributed by atoms with E-state index in [1.165, 1.54) is 110 Å². The molecule has 1 rings (SSSR count). The Labute approximate surface area is 267 Å². The average molecular weight is 609 g/mol. The summed E-state index contributed by atoms with van der Waals surface area (Å²) in [6, 6.07) is 0. The Balaban J connectivity index is 2.58. The van der Waals surface area contributed by atoms with Crippen molar-refractivity contribution in [1.29, 1.82) is 0 Å². The van der Waals surface area contributed by atoms with Crippen LogP contribution >= 0.6 is 0 Å². The molecule has 0 aromatic rings. The van der Waals surface area contributed by atoms with Crippen LogP contribution in [0.3, 0.4) is 0 Å². The van der Waals surface area contributed by atoms with Gasteiger partial charge in [-0.05, 0) is 52.4 Å². The van der Waals surface area contributed by atoms with Crippen LogP contribution < -0.4 is 0 Å². The average Bonchev–Trinajstić information content (AvgIpc) is 3.01. The van der Waals surface area contributed by atoms with Crippen molar-refractivity contribution < 1.29 is 14.3 Å². The number of hydrogen-bond acceptors (Lipinski definition) is 6. The number of unbranched alkanes of at least 4 members (excludes halogenated alkanes) is 16. The molecule has 0 radical (unpaired) electrons. The fourth-order valence-electron chi connectivity index (χ4n) is 6.06. The first-order valence-electron chi connectivity index (χ1n) is 18.5. The topological polar surface area (TPSA) is 56.3 Å². The zero-order chi connectivity index (χ0) is 31.4. The minimum atomic E-state index is -0.105. The fourth-order valence-corrected chi connectivity index (χ4v) is 6.06. The third-order valence-corrected chi connectivity index (χ3v) is 9.19. The number of esters is 1. The zero-order valence-electron chi connectivity index (χ0n) is 29.2. The number of carbonyl (C=O) groups is 2. The normalized spacial score (nSPS) is 14.2. The summed E-state index contributed by atoms with van der Waals surface area (Å²) in [6.45, 7) is 14.2. The second kappa shape index (κ2) is 28.3. The van der Waals surface area contributed by atoms with Crippen LogP contribution in [0.2, 0.25) is 0 Å². The SMILES string of the molecule is CCCCCCCCCN(CCCCCCCCC)CCN(CCCCCCCC(=O)OC)CC(=O)N1CCN(C)CC1. The fraction of sp³-hybridized carbons (Fsp3) is 0.944. The third-order valence-electron chi connectivity index (χ3n) is 9.19. The summed E-state index contributed by atoms with van der Waals surface area (Å²) in [5.74, 6) is 0.197. The third kappa shape index (κ3) is 22.9. The van der Waals surface area contributed by atoms with Crippen LogP contribution in [0, 0.1) is 0 Å². The van der Waals surface area contributed by atoms with E-state index in [1.54, 1.807) is 0 Å². The molecule has 0 bridgehead atoms. The lowest BCUT2D eigenvalue weighted by Crippen LogP contribution is -2.50. The first-order valence-corrected chi connectivity index (χ1v) is 18.5. The Bertz CT molecular complexity index is 636. The predicted octanol–water partition coefficient (Wildman–Crippen LogP) is 7.38. The summed E-state index contributed by atoms with van der Waals surface area (Å²) in [6.07, 6.45) is 24.9. The number of piperazine rings is 1. The summed E-state index contributed by atoms with van der Waals surface area (Å²) in [5.41, 5.74) is 0. The molecule has 1 fully saturated rings. The molecule has 0 atom stereocenters. The monoisotopic (exact) mass is 609 g/mol. The highest BCUT2D eigenvalue weighted by Crippen LogP contribution is 2.12. The highest BCUT2D eigenvalue weighted by Gasteiger charge is 2.21. The molecule has 1 aliphatic rings. The second-order valence-electron chi connectivity index (χ2n) is 13.1. The smallest absolute Gasteiger partial charge is 0.305 e. The van der Waals surface area contributed by atoms with E-state index in [2.05, 4.69) is 40.5 Å². The van der Waals surface area contributed by atoms with Gasteiger partial charge in [-0.1, -0.05) is 110 Å². The standard InChI is InChI=1S/C36H72N4O3/c1-5-7-9-11-13-17-21-25-38(26-22-18-14-12-10-8-6-2)30-31-39(27-23-19-15-16-20-24-36(42)43-4)34-35(41)40-32-28-37(3)29-33-40/h5-34H2,1-4H3. The Morgan fingerprint density at radius 3 is 1.47 bits per heavy atom. The van der Waals surface area contributed by atoms with Gasteiger partial charge in [-0.25, -0.2) is 0 Å². The van der Waals surface area contributed by atoms with E-state index in [-0.39, 0.29) is 5.97 Å². The van der Waals surface area contributed by atoms with Crippen molar-refractivity contribution in [3.05, 3.63) is 0 Å². The number of ether oxygens (including phenoxy) is 1. The highest BCUT2D eigenvalue weighted by atomic mass is 16.5. The van der Waals surface area contributed by atoms with E-state index in [4.69, 9.17) is 4.74 Å². The summed E-state index contributed by atoms with van der Waals surface area (Å²) in [4.78, 5) is 34.2. The van der Waals surface area contributed by atoms with Crippen LogP contribution in [0.5, 0.6) is 0 Å². The van der Waals surface area contributed by atoms with Gasteiger partial charge in [0.2, 0.25) is 5.91 Å². The van der Waals surface area contributed by atoms with Gasteiger partial charge in [0.25, 0.3) is 0 Å². The van der Waals surface area contributed by atoms with Gasteiger partial charge in [0.05, 0.1) is 13.7 Å². The van der Waals surface area contributed by atoms with E-state index >= 15 is 0 Å². The maximum atomic E-state index is 13.3. The molecule has 0 aliphatic carbocycles. The molecule has 1 aliphatic heterocycles. The molecule has 0 aromatic heterocycles. The first kappa shape index (κ1) is 39.8. The molecular formula is C36H72N4O3. The Kier molecular flexibility index (Phi) is 26.2. The van der Waals surface area contributed by atoms with E-state index < -0.39 is 0 Å². The van der Waals surface area contributed by atoms with Crippen LogP contribution in [-0.2, 0) is 14.3 Å². The summed E-state index contributed by atoms with van der Waals surface area (Å²) in [7, 11) is 3.61. The number of likely N-dealkylation sites (N-methyl/N-ethyl adjacent to an activating group) is 1. The van der Waals surface area contributed by atoms with Gasteiger partial charge in [0.1, 0.15) is 0 Å². The number of carbonyl (C=O) groups excluding carboxylic acids is 2. The number of methoxy groups -OCH3 is 1. The number of hydrogen-bond donors (Lipinski definition) is 0. The van der Waals surface area contributed by atoms with Gasteiger partial charge in [-0.3, -0.25) is 14.5 Å². The maximum absolute atomic E-state index is 13.3. The quantitative estimate of drug-likeness (QED) is 0.0653. The van der Waals surface area contributed by atoms with Gasteiger partial charge in [0.15, 0.2) is 0 Å². The maximum Gasteiger partial charge on any atom is 0.305 e. The second-order valence-corrected chi connectivity index (χ2v) is 13.1. The van der Waals surface area contributed by atoms with Crippen molar-refractivity contribution in [3.63, 3.8) is 0 Å². The molecule has 0 N–H and O–H groups in total. The number of nitrogens with zero attached hydrogens (tertiary/aromatic N) is 4. The van der Waals surface area contributed by atoms with E-state index in [0.29, 0.717) is 18.9 Å². The van der Waals surface area contributed by atoms with Gasteiger partial charge in [0, 0.05) is 45.7 Å². The lowest BCUT2D eigenvalue weighted by atomic mass is 10.1. The summed E-state index contributed by atoms with van der Waals surface area (Å²) >= 11 is 0. The van der Waals surface area contributed by atoms with Gasteiger partial charge >= 0.3 is 5.97 Å². The number of rotatable bonds is 29. The lowest BCUT2D eigenvalue weighted by molar-refractivity contribution is -0.140. The van der Waals surface area contributed by atoms with Crippen LogP contribution in [0.25, 0.3) is 0 Å². The van der Waals surface area contributed by atoms with E-state index in [1.807, 2.05) is 0 Å². The Morgan fingerprint density at radius 1 is 0.558 bits per heavy atom. The van der Waals surface area contributed by atoms with Crippen LogP contribution in [0.1, 0.15) is 142 Å². The number of amides is 1. The Hall–Kier alpha value is -1.18. The minimum absolute atomic E-state index is 0.105. The van der Waals surface area contributed by atoms with Crippen molar-refractivity contribution in [2.45, 2.75) is 142 Å². The molecular weight excluding hydrogens is 536 g/mol. The molecule has 0 spiro atoms. The van der Waals surface area contributed by atoms with Crippen molar-refractivity contribution in [3.8, 4) is 0 Å². The lowest BCUT2D eigenvalue weighted by Gasteiger charge is -2.34. The summed E-state index contributed by atoms with van der Waals surface area (Å²) in [5, 5.41) is 0. The van der Waals surface area contributed by atoms with E-state index in [0.717, 1.165) is 77.9 Å². The van der Waals surface area contributed by atoms with Crippen molar-refractivity contribution in [2.75, 3.05) is 79.6 Å². The Morgan fingerprint density at radius 2 is 0.977 bits per heavy atom.